The molecule has 22 heavy (non-hydrogen) atoms. The molecule has 0 radical (unpaired) electrons. The van der Waals surface area contributed by atoms with Crippen molar-refractivity contribution < 1.29 is 14.3 Å². The van der Waals surface area contributed by atoms with Gasteiger partial charge in [0, 0.05) is 32.9 Å². The zero-order valence-electron chi connectivity index (χ0n) is 13.8. The molecule has 0 bridgehead atoms. The molecule has 1 aliphatic heterocycles. The van der Waals surface area contributed by atoms with E-state index in [1.807, 2.05) is 38.6 Å². The van der Waals surface area contributed by atoms with Gasteiger partial charge < -0.3 is 19.4 Å². The smallest absolute Gasteiger partial charge is 0.410 e. The Balaban J connectivity index is 1.87. The standard InChI is InChI=1S/C15H26N4O3/c1-15(2,3)22-14(20)19-5-6-21-10-13(19)9-16-7-12-8-17-11-18(12)4/h8,11,13,16H,5-7,9-10H2,1-4H3. The minimum atomic E-state index is -0.484. The number of nitrogens with zero attached hydrogens (tertiary/aromatic N) is 3. The molecule has 2 rings (SSSR count). The molecule has 0 spiro atoms. The number of hydrogen-bond acceptors (Lipinski definition) is 5. The van der Waals surface area contributed by atoms with Crippen molar-refractivity contribution in [3.63, 3.8) is 0 Å². The molecule has 0 saturated carbocycles. The molecule has 1 aromatic rings. The molecule has 1 N–H and O–H groups in total. The number of morpholine rings is 1. The van der Waals surface area contributed by atoms with Crippen LogP contribution in [0.5, 0.6) is 0 Å². The van der Waals surface area contributed by atoms with Gasteiger partial charge in [-0.05, 0) is 20.8 Å². The third-order valence-electron chi connectivity index (χ3n) is 3.46. The molecule has 0 aliphatic carbocycles. The summed E-state index contributed by atoms with van der Waals surface area (Å²) in [7, 11) is 1.96. The maximum atomic E-state index is 12.3. The second-order valence-electron chi connectivity index (χ2n) is 6.53. The molecule has 1 saturated heterocycles. The van der Waals surface area contributed by atoms with Crippen LogP contribution in [0.1, 0.15) is 26.5 Å². The lowest BCUT2D eigenvalue weighted by atomic mass is 10.2. The zero-order chi connectivity index (χ0) is 16.2. The van der Waals surface area contributed by atoms with Crippen LogP contribution in [0.4, 0.5) is 4.79 Å². The lowest BCUT2D eigenvalue weighted by Gasteiger charge is -2.36. The van der Waals surface area contributed by atoms with Gasteiger partial charge in [0.2, 0.25) is 0 Å². The van der Waals surface area contributed by atoms with Crippen molar-refractivity contribution in [1.82, 2.24) is 19.8 Å². The average molecular weight is 310 g/mol. The van der Waals surface area contributed by atoms with Crippen LogP contribution < -0.4 is 5.32 Å². The highest BCUT2D eigenvalue weighted by atomic mass is 16.6. The van der Waals surface area contributed by atoms with Gasteiger partial charge in [0.25, 0.3) is 0 Å². The molecule has 1 aromatic heterocycles. The van der Waals surface area contributed by atoms with Crippen LogP contribution in [-0.2, 0) is 23.1 Å². The zero-order valence-corrected chi connectivity index (χ0v) is 13.8. The lowest BCUT2D eigenvalue weighted by molar-refractivity contribution is -0.0317. The largest absolute Gasteiger partial charge is 0.444 e. The number of imidazole rings is 1. The summed E-state index contributed by atoms with van der Waals surface area (Å²) in [5.41, 5.74) is 0.614. The molecule has 7 nitrogen and oxygen atoms in total. The first-order chi connectivity index (χ1) is 10.4. The van der Waals surface area contributed by atoms with Crippen LogP contribution in [0.3, 0.4) is 0 Å². The van der Waals surface area contributed by atoms with E-state index < -0.39 is 5.60 Å². The van der Waals surface area contributed by atoms with Crippen molar-refractivity contribution in [2.45, 2.75) is 39.0 Å². The van der Waals surface area contributed by atoms with Crippen LogP contribution in [-0.4, -0.2) is 58.5 Å². The highest BCUT2D eigenvalue weighted by Crippen LogP contribution is 2.14. The summed E-state index contributed by atoms with van der Waals surface area (Å²) in [6, 6.07) is -0.0168. The van der Waals surface area contributed by atoms with Crippen LogP contribution >= 0.6 is 0 Å². The number of amides is 1. The Morgan fingerprint density at radius 2 is 2.32 bits per heavy atom. The van der Waals surface area contributed by atoms with Gasteiger partial charge in [0.15, 0.2) is 0 Å². The maximum Gasteiger partial charge on any atom is 0.410 e. The van der Waals surface area contributed by atoms with Crippen molar-refractivity contribution in [2.75, 3.05) is 26.3 Å². The van der Waals surface area contributed by atoms with E-state index in [2.05, 4.69) is 10.3 Å². The Hall–Kier alpha value is -1.60. The predicted octanol–water partition coefficient (Wildman–Crippen LogP) is 1.15. The number of aromatic nitrogens is 2. The highest BCUT2D eigenvalue weighted by molar-refractivity contribution is 5.68. The first-order valence-corrected chi connectivity index (χ1v) is 7.60. The molecular weight excluding hydrogens is 284 g/mol. The third-order valence-corrected chi connectivity index (χ3v) is 3.46. The molecule has 0 aromatic carbocycles. The second-order valence-corrected chi connectivity index (χ2v) is 6.53. The van der Waals surface area contributed by atoms with Gasteiger partial charge in [-0.15, -0.1) is 0 Å². The molecule has 1 unspecified atom stereocenters. The Morgan fingerprint density at radius 3 is 2.95 bits per heavy atom. The number of carbonyl (C=O) groups is 1. The first kappa shape index (κ1) is 16.8. The van der Waals surface area contributed by atoms with Crippen LogP contribution in [0.2, 0.25) is 0 Å². The van der Waals surface area contributed by atoms with Gasteiger partial charge in [0.05, 0.1) is 31.3 Å². The quantitative estimate of drug-likeness (QED) is 0.903. The molecule has 1 aliphatic rings. The molecule has 1 atom stereocenters. The topological polar surface area (TPSA) is 68.6 Å². The SMILES string of the molecule is Cn1cncc1CNCC1COCCN1C(=O)OC(C)(C)C. The van der Waals surface area contributed by atoms with E-state index in [-0.39, 0.29) is 12.1 Å². The number of hydrogen-bond donors (Lipinski definition) is 1. The molecule has 2 heterocycles. The minimum Gasteiger partial charge on any atom is -0.444 e. The van der Waals surface area contributed by atoms with E-state index in [4.69, 9.17) is 9.47 Å². The van der Waals surface area contributed by atoms with Crippen molar-refractivity contribution in [2.24, 2.45) is 7.05 Å². The van der Waals surface area contributed by atoms with E-state index in [9.17, 15) is 4.79 Å². The number of nitrogens with one attached hydrogen (secondary N) is 1. The van der Waals surface area contributed by atoms with Crippen molar-refractivity contribution in [1.29, 1.82) is 0 Å². The maximum absolute atomic E-state index is 12.3. The fourth-order valence-electron chi connectivity index (χ4n) is 2.31. The lowest BCUT2D eigenvalue weighted by Crippen LogP contribution is -2.54. The summed E-state index contributed by atoms with van der Waals surface area (Å²) in [5.74, 6) is 0. The summed E-state index contributed by atoms with van der Waals surface area (Å²) in [6.07, 6.45) is 3.33. The Morgan fingerprint density at radius 1 is 1.55 bits per heavy atom. The highest BCUT2D eigenvalue weighted by Gasteiger charge is 2.30. The third kappa shape index (κ3) is 4.71. The fraction of sp³-hybridized carbons (Fsp3) is 0.733. The van der Waals surface area contributed by atoms with E-state index >= 15 is 0 Å². The van der Waals surface area contributed by atoms with Crippen molar-refractivity contribution in [3.05, 3.63) is 18.2 Å². The first-order valence-electron chi connectivity index (χ1n) is 7.60. The molecule has 7 heteroatoms. The monoisotopic (exact) mass is 310 g/mol. The van der Waals surface area contributed by atoms with Gasteiger partial charge in [-0.2, -0.15) is 0 Å². The minimum absolute atomic E-state index is 0.0168. The van der Waals surface area contributed by atoms with Gasteiger partial charge in [-0.3, -0.25) is 4.90 Å². The summed E-state index contributed by atoms with van der Waals surface area (Å²) in [6.45, 7) is 8.63. The van der Waals surface area contributed by atoms with E-state index in [1.165, 1.54) is 0 Å². The molecule has 124 valence electrons. The van der Waals surface area contributed by atoms with Crippen molar-refractivity contribution >= 4 is 6.09 Å². The van der Waals surface area contributed by atoms with Crippen LogP contribution in [0.25, 0.3) is 0 Å². The van der Waals surface area contributed by atoms with Crippen LogP contribution in [0.15, 0.2) is 12.5 Å². The van der Waals surface area contributed by atoms with E-state index in [1.54, 1.807) is 11.2 Å². The van der Waals surface area contributed by atoms with Crippen molar-refractivity contribution in [3.8, 4) is 0 Å². The summed E-state index contributed by atoms with van der Waals surface area (Å²) in [5, 5.41) is 3.36. The van der Waals surface area contributed by atoms with E-state index in [0.29, 0.717) is 32.8 Å². The normalized spacial score (nSPS) is 19.3. The van der Waals surface area contributed by atoms with Gasteiger partial charge >= 0.3 is 6.09 Å². The Labute approximate surface area is 131 Å². The van der Waals surface area contributed by atoms with E-state index in [0.717, 1.165) is 5.69 Å². The molecule has 1 fully saturated rings. The number of ether oxygens (including phenoxy) is 2. The fourth-order valence-corrected chi connectivity index (χ4v) is 2.31. The Bertz CT molecular complexity index is 495. The number of rotatable bonds is 4. The van der Waals surface area contributed by atoms with Gasteiger partial charge in [0.1, 0.15) is 5.60 Å². The van der Waals surface area contributed by atoms with Gasteiger partial charge in [-0.25, -0.2) is 9.78 Å². The van der Waals surface area contributed by atoms with Gasteiger partial charge in [-0.1, -0.05) is 0 Å². The predicted molar refractivity (Wildman–Crippen MR) is 82.5 cm³/mol. The summed E-state index contributed by atoms with van der Waals surface area (Å²) in [4.78, 5) is 18.1. The summed E-state index contributed by atoms with van der Waals surface area (Å²) < 4.78 is 12.9. The average Bonchev–Trinajstić information content (AvgIpc) is 2.83. The molecule has 1 amide bonds. The second kappa shape index (κ2) is 7.11. The number of aryl methyl sites for hydroxylation is 1. The number of carbonyl (C=O) groups excluding carboxylic acids is 1. The molecular formula is C15H26N4O3. The Kier molecular flexibility index (Phi) is 5.42. The van der Waals surface area contributed by atoms with Crippen LogP contribution in [0, 0.1) is 0 Å². The summed E-state index contributed by atoms with van der Waals surface area (Å²) >= 11 is 0.